The van der Waals surface area contributed by atoms with Crippen molar-refractivity contribution in [2.45, 2.75) is 47.5 Å². The summed E-state index contributed by atoms with van der Waals surface area (Å²) in [4.78, 5) is 0. The summed E-state index contributed by atoms with van der Waals surface area (Å²) in [6.07, 6.45) is 6.28. The molecule has 0 spiro atoms. The van der Waals surface area contributed by atoms with Gasteiger partial charge in [-0.3, -0.25) is 4.39 Å². The molecule has 1 nitrogen and oxygen atoms in total. The van der Waals surface area contributed by atoms with Gasteiger partial charge in [0.15, 0.2) is 0 Å². The van der Waals surface area contributed by atoms with Gasteiger partial charge in [0, 0.05) is 0 Å². The number of ether oxygens (including phenoxy) is 1. The van der Waals surface area contributed by atoms with Crippen molar-refractivity contribution in [3.05, 3.63) is 36.6 Å². The lowest BCUT2D eigenvalue weighted by molar-refractivity contribution is 0.304. The first-order chi connectivity index (χ1) is 8.24. The largest absolute Gasteiger partial charge is 0.497 e. The molecule has 0 atom stereocenters. The summed E-state index contributed by atoms with van der Waals surface area (Å²) in [6, 6.07) is 0. The van der Waals surface area contributed by atoms with Gasteiger partial charge >= 0.3 is 0 Å². The molecule has 0 aliphatic rings. The Bertz CT molecular complexity index is 172. The predicted molar refractivity (Wildman–Crippen MR) is 79.1 cm³/mol. The molecule has 0 N–H and O–H groups in total. The molecule has 0 aromatic rings. The van der Waals surface area contributed by atoms with Gasteiger partial charge in [0.1, 0.15) is 5.76 Å². The van der Waals surface area contributed by atoms with Crippen molar-refractivity contribution in [2.75, 3.05) is 14.3 Å². The maximum atomic E-state index is 9.50. The standard InChI is InChI=1S/C10H18O.C2H6.C2H4.CH3F/c1-5-7-10(11-4)8-9(3)6-2;3*1-2/h7-8H,5-6H2,1-4H3;1-2H3;1-2H2;1H3/b9-8+,10-7+;;;. The van der Waals surface area contributed by atoms with E-state index in [4.69, 9.17) is 4.74 Å². The van der Waals surface area contributed by atoms with Crippen molar-refractivity contribution in [3.8, 4) is 0 Å². The van der Waals surface area contributed by atoms with E-state index in [0.717, 1.165) is 18.6 Å². The summed E-state index contributed by atoms with van der Waals surface area (Å²) in [5.74, 6) is 0.979. The second kappa shape index (κ2) is 29.4. The van der Waals surface area contributed by atoms with Crippen LogP contribution in [0.2, 0.25) is 0 Å². The number of allylic oxidation sites excluding steroid dienone is 3. The van der Waals surface area contributed by atoms with Gasteiger partial charge in [-0.25, -0.2) is 0 Å². The molecular formula is C15H31FO. The molecule has 0 saturated heterocycles. The van der Waals surface area contributed by atoms with Gasteiger partial charge in [0.2, 0.25) is 0 Å². The predicted octanol–water partition coefficient (Wildman–Crippen LogP) is 5.70. The van der Waals surface area contributed by atoms with Crippen LogP contribution >= 0.6 is 0 Å². The number of hydrogen-bond acceptors (Lipinski definition) is 1. The van der Waals surface area contributed by atoms with Crippen LogP contribution in [0.4, 0.5) is 4.39 Å². The van der Waals surface area contributed by atoms with Crippen LogP contribution in [0.5, 0.6) is 0 Å². The number of hydrogen-bond donors (Lipinski definition) is 0. The Morgan fingerprint density at radius 2 is 1.59 bits per heavy atom. The Morgan fingerprint density at radius 1 is 1.18 bits per heavy atom. The van der Waals surface area contributed by atoms with Crippen LogP contribution in [0.1, 0.15) is 47.5 Å². The first-order valence-corrected chi connectivity index (χ1v) is 6.03. The number of halogens is 1. The maximum absolute atomic E-state index is 9.50. The van der Waals surface area contributed by atoms with Gasteiger partial charge in [0.25, 0.3) is 0 Å². The first kappa shape index (κ1) is 25.0. The van der Waals surface area contributed by atoms with Crippen molar-refractivity contribution >= 4 is 0 Å². The third-order valence-electron chi connectivity index (χ3n) is 1.59. The Kier molecular flexibility index (Phi) is 43.2. The van der Waals surface area contributed by atoms with Gasteiger partial charge in [0.05, 0.1) is 14.3 Å². The molecule has 0 saturated carbocycles. The van der Waals surface area contributed by atoms with Crippen molar-refractivity contribution in [2.24, 2.45) is 0 Å². The molecule has 0 aliphatic carbocycles. The summed E-state index contributed by atoms with van der Waals surface area (Å²) in [5.41, 5.74) is 1.35. The van der Waals surface area contributed by atoms with E-state index < -0.39 is 0 Å². The molecule has 0 unspecified atom stereocenters. The molecule has 0 radical (unpaired) electrons. The van der Waals surface area contributed by atoms with Gasteiger partial charge in [-0.05, 0) is 31.9 Å². The van der Waals surface area contributed by atoms with Crippen molar-refractivity contribution in [3.63, 3.8) is 0 Å². The zero-order chi connectivity index (χ0) is 14.7. The van der Waals surface area contributed by atoms with E-state index in [1.165, 1.54) is 5.57 Å². The zero-order valence-corrected chi connectivity index (χ0v) is 12.8. The van der Waals surface area contributed by atoms with Gasteiger partial charge in [-0.15, -0.1) is 13.2 Å². The minimum Gasteiger partial charge on any atom is -0.497 e. The molecule has 0 rings (SSSR count). The summed E-state index contributed by atoms with van der Waals surface area (Å²) >= 11 is 0. The van der Waals surface area contributed by atoms with Crippen molar-refractivity contribution < 1.29 is 9.13 Å². The average molecular weight is 246 g/mol. The minimum atomic E-state index is 0.500. The van der Waals surface area contributed by atoms with Crippen LogP contribution < -0.4 is 0 Å². The number of methoxy groups -OCH3 is 1. The van der Waals surface area contributed by atoms with Crippen LogP contribution in [0.25, 0.3) is 0 Å². The SMILES string of the molecule is C=C.CC.CC/C=C(\C=C(/C)CC)OC.CF. The average Bonchev–Trinajstić information content (AvgIpc) is 2.44. The molecule has 0 heterocycles. The van der Waals surface area contributed by atoms with Crippen LogP contribution in [-0.2, 0) is 4.74 Å². The monoisotopic (exact) mass is 246 g/mol. The molecule has 104 valence electrons. The summed E-state index contributed by atoms with van der Waals surface area (Å²) in [6.45, 7) is 16.4. The van der Waals surface area contributed by atoms with Crippen LogP contribution in [0.3, 0.4) is 0 Å². The first-order valence-electron chi connectivity index (χ1n) is 6.03. The van der Waals surface area contributed by atoms with Crippen LogP contribution in [0, 0.1) is 0 Å². The molecule has 0 bridgehead atoms. The molecule has 0 amide bonds. The highest BCUT2D eigenvalue weighted by atomic mass is 19.1. The highest BCUT2D eigenvalue weighted by Gasteiger charge is 1.89. The minimum absolute atomic E-state index is 0.500. The summed E-state index contributed by atoms with van der Waals surface area (Å²) in [5, 5.41) is 0. The lowest BCUT2D eigenvalue weighted by Gasteiger charge is -2.01. The lowest BCUT2D eigenvalue weighted by Crippen LogP contribution is -1.83. The molecule has 2 heteroatoms. The molecule has 17 heavy (non-hydrogen) atoms. The van der Waals surface area contributed by atoms with E-state index in [1.54, 1.807) is 7.11 Å². The fourth-order valence-electron chi connectivity index (χ4n) is 0.747. The fraction of sp³-hybridized carbons (Fsp3) is 0.600. The van der Waals surface area contributed by atoms with Gasteiger partial charge in [-0.1, -0.05) is 33.3 Å². The Hall–Kier alpha value is -1.05. The van der Waals surface area contributed by atoms with Gasteiger partial charge < -0.3 is 4.74 Å². The number of alkyl halides is 1. The zero-order valence-electron chi connectivity index (χ0n) is 12.8. The lowest BCUT2D eigenvalue weighted by atomic mass is 10.2. The van der Waals surface area contributed by atoms with E-state index in [-0.39, 0.29) is 0 Å². The second-order valence-electron chi connectivity index (χ2n) is 2.56. The molecule has 0 fully saturated rings. The molecule has 0 aromatic heterocycles. The topological polar surface area (TPSA) is 9.23 Å². The van der Waals surface area contributed by atoms with Crippen LogP contribution in [0.15, 0.2) is 36.6 Å². The number of rotatable bonds is 4. The Morgan fingerprint density at radius 3 is 1.82 bits per heavy atom. The van der Waals surface area contributed by atoms with Gasteiger partial charge in [-0.2, -0.15) is 0 Å². The van der Waals surface area contributed by atoms with Crippen molar-refractivity contribution in [1.82, 2.24) is 0 Å². The molecule has 0 aromatic carbocycles. The highest BCUT2D eigenvalue weighted by Crippen LogP contribution is 2.06. The normalized spacial score (nSPS) is 9.65. The Labute approximate surface area is 108 Å². The van der Waals surface area contributed by atoms with E-state index >= 15 is 0 Å². The maximum Gasteiger partial charge on any atom is 0.114 e. The molecular weight excluding hydrogens is 215 g/mol. The van der Waals surface area contributed by atoms with E-state index in [2.05, 4.69) is 46.1 Å². The van der Waals surface area contributed by atoms with Crippen molar-refractivity contribution in [1.29, 1.82) is 0 Å². The fourth-order valence-corrected chi connectivity index (χ4v) is 0.747. The molecule has 0 aliphatic heterocycles. The summed E-state index contributed by atoms with van der Waals surface area (Å²) in [7, 11) is 2.21. The Balaban J connectivity index is -0.000000121. The highest BCUT2D eigenvalue weighted by molar-refractivity contribution is 5.16. The van der Waals surface area contributed by atoms with Crippen LogP contribution in [-0.4, -0.2) is 14.3 Å². The quantitative estimate of drug-likeness (QED) is 0.351. The van der Waals surface area contributed by atoms with E-state index in [1.807, 2.05) is 13.8 Å². The van der Waals surface area contributed by atoms with E-state index in [0.29, 0.717) is 7.18 Å². The third-order valence-corrected chi connectivity index (χ3v) is 1.59. The smallest absolute Gasteiger partial charge is 0.114 e. The summed E-state index contributed by atoms with van der Waals surface area (Å²) < 4.78 is 14.6. The second-order valence-corrected chi connectivity index (χ2v) is 2.56. The third kappa shape index (κ3) is 25.3. The van der Waals surface area contributed by atoms with E-state index in [9.17, 15) is 4.39 Å².